The summed E-state index contributed by atoms with van der Waals surface area (Å²) in [5.74, 6) is 0.533. The first-order chi connectivity index (χ1) is 8.84. The highest BCUT2D eigenvalue weighted by Gasteiger charge is 2.19. The van der Waals surface area contributed by atoms with Gasteiger partial charge in [0.05, 0.1) is 12.0 Å². The smallest absolute Gasteiger partial charge is 0.182 e. The maximum Gasteiger partial charge on any atom is 0.182 e. The number of carbonyl (C=O) groups is 1. The summed E-state index contributed by atoms with van der Waals surface area (Å²) in [6, 6.07) is 1.92. The van der Waals surface area contributed by atoms with Gasteiger partial charge in [0.25, 0.3) is 0 Å². The number of alkyl halides is 1. The average molecular weight is 286 g/mol. The Morgan fingerprint density at radius 3 is 2.53 bits per heavy atom. The summed E-state index contributed by atoms with van der Waals surface area (Å²) in [6.07, 6.45) is 0. The van der Waals surface area contributed by atoms with Gasteiger partial charge in [-0.15, -0.1) is 11.6 Å². The number of aromatic nitrogens is 1. The number of carbonyl (C=O) groups excluding carboxylic acids is 1. The molecule has 1 aromatic heterocycles. The average Bonchev–Trinajstić information content (AvgIpc) is 2.60. The molecule has 108 valence electrons. The van der Waals surface area contributed by atoms with E-state index >= 15 is 0 Å². The number of ketones is 1. The van der Waals surface area contributed by atoms with E-state index in [1.165, 1.54) is 0 Å². The molecule has 0 spiro atoms. The Hall–Kier alpha value is -0.800. The van der Waals surface area contributed by atoms with Gasteiger partial charge in [0.1, 0.15) is 0 Å². The molecule has 1 aromatic rings. The van der Waals surface area contributed by atoms with Gasteiger partial charge in [-0.3, -0.25) is 4.79 Å². The van der Waals surface area contributed by atoms with Crippen LogP contribution in [0.3, 0.4) is 0 Å². The second-order valence-corrected chi connectivity index (χ2v) is 6.04. The van der Waals surface area contributed by atoms with Gasteiger partial charge in [-0.2, -0.15) is 0 Å². The summed E-state index contributed by atoms with van der Waals surface area (Å²) >= 11 is 5.87. The van der Waals surface area contributed by atoms with Gasteiger partial charge in [0.15, 0.2) is 5.78 Å². The molecule has 1 rings (SSSR count). The predicted octanol–water partition coefficient (Wildman–Crippen LogP) is 3.59. The fourth-order valence-corrected chi connectivity index (χ4v) is 2.20. The first-order valence-corrected chi connectivity index (χ1v) is 7.21. The molecule has 0 aromatic carbocycles. The van der Waals surface area contributed by atoms with Crippen LogP contribution < -0.4 is 0 Å². The van der Waals surface area contributed by atoms with Crippen LogP contribution in [0.2, 0.25) is 0 Å². The largest absolute Gasteiger partial charge is 0.379 e. The van der Waals surface area contributed by atoms with Crippen LogP contribution in [-0.4, -0.2) is 28.9 Å². The van der Waals surface area contributed by atoms with Crippen LogP contribution in [-0.2, 0) is 11.3 Å². The quantitative estimate of drug-likeness (QED) is 0.435. The Morgan fingerprint density at radius 1 is 1.37 bits per heavy atom. The Balaban J connectivity index is 2.72. The van der Waals surface area contributed by atoms with Crippen molar-refractivity contribution < 1.29 is 9.53 Å². The SMILES string of the molecule is Cc1cc(C(=O)C(C)Cl)c(C)n1CCOCC(C)C. The second-order valence-electron chi connectivity index (χ2n) is 5.39. The zero-order valence-electron chi connectivity index (χ0n) is 12.5. The number of aryl methyl sites for hydroxylation is 1. The number of halogens is 1. The van der Waals surface area contributed by atoms with Crippen molar-refractivity contribution in [3.8, 4) is 0 Å². The standard InChI is InChI=1S/C15H24ClNO2/c1-10(2)9-19-7-6-17-11(3)8-14(13(17)5)15(18)12(4)16/h8,10,12H,6-7,9H2,1-5H3. The van der Waals surface area contributed by atoms with Gasteiger partial charge >= 0.3 is 0 Å². The van der Waals surface area contributed by atoms with Crippen molar-refractivity contribution in [1.82, 2.24) is 4.57 Å². The van der Waals surface area contributed by atoms with Gasteiger partial charge in [-0.25, -0.2) is 0 Å². The Morgan fingerprint density at radius 2 is 2.00 bits per heavy atom. The third kappa shape index (κ3) is 4.36. The molecule has 0 saturated heterocycles. The summed E-state index contributed by atoms with van der Waals surface area (Å²) in [5.41, 5.74) is 2.78. The van der Waals surface area contributed by atoms with Crippen molar-refractivity contribution >= 4 is 17.4 Å². The number of hydrogen-bond acceptors (Lipinski definition) is 2. The lowest BCUT2D eigenvalue weighted by Crippen LogP contribution is -2.14. The van der Waals surface area contributed by atoms with Gasteiger partial charge in [-0.05, 0) is 32.8 Å². The van der Waals surface area contributed by atoms with Gasteiger partial charge in [0.2, 0.25) is 0 Å². The maximum absolute atomic E-state index is 12.0. The number of hydrogen-bond donors (Lipinski definition) is 0. The van der Waals surface area contributed by atoms with Crippen molar-refractivity contribution in [1.29, 1.82) is 0 Å². The number of Topliss-reactive ketones (excluding diaryl/α,β-unsaturated/α-hetero) is 1. The first-order valence-electron chi connectivity index (χ1n) is 6.77. The molecule has 0 aliphatic heterocycles. The van der Waals surface area contributed by atoms with Crippen LogP contribution in [0, 0.1) is 19.8 Å². The molecule has 4 heteroatoms. The van der Waals surface area contributed by atoms with Crippen LogP contribution in [0.4, 0.5) is 0 Å². The highest BCUT2D eigenvalue weighted by Crippen LogP contribution is 2.18. The predicted molar refractivity (Wildman–Crippen MR) is 79.2 cm³/mol. The van der Waals surface area contributed by atoms with Crippen molar-refractivity contribution in [3.63, 3.8) is 0 Å². The van der Waals surface area contributed by atoms with Crippen molar-refractivity contribution in [2.24, 2.45) is 5.92 Å². The maximum atomic E-state index is 12.0. The lowest BCUT2D eigenvalue weighted by molar-refractivity contribution is 0.0986. The molecule has 0 saturated carbocycles. The molecule has 0 aliphatic carbocycles. The molecular weight excluding hydrogens is 262 g/mol. The molecule has 0 fully saturated rings. The summed E-state index contributed by atoms with van der Waals surface area (Å²) in [6.45, 7) is 12.1. The van der Waals surface area contributed by atoms with Crippen molar-refractivity contribution in [2.75, 3.05) is 13.2 Å². The minimum atomic E-state index is -0.480. The number of nitrogens with zero attached hydrogens (tertiary/aromatic N) is 1. The fourth-order valence-electron chi connectivity index (χ4n) is 2.08. The monoisotopic (exact) mass is 285 g/mol. The molecule has 0 amide bonds. The molecule has 19 heavy (non-hydrogen) atoms. The van der Waals surface area contributed by atoms with Crippen molar-refractivity contribution in [2.45, 2.75) is 46.5 Å². The highest BCUT2D eigenvalue weighted by atomic mass is 35.5. The third-order valence-corrected chi connectivity index (χ3v) is 3.31. The van der Waals surface area contributed by atoms with E-state index in [0.29, 0.717) is 12.5 Å². The van der Waals surface area contributed by atoms with E-state index < -0.39 is 5.38 Å². The minimum Gasteiger partial charge on any atom is -0.379 e. The second kappa shape index (κ2) is 7.11. The van der Waals surface area contributed by atoms with E-state index in [-0.39, 0.29) is 5.78 Å². The summed E-state index contributed by atoms with van der Waals surface area (Å²) in [5, 5.41) is -0.480. The number of rotatable bonds is 7. The molecule has 0 bridgehead atoms. The lowest BCUT2D eigenvalue weighted by Gasteiger charge is -2.11. The summed E-state index contributed by atoms with van der Waals surface area (Å²) < 4.78 is 7.71. The zero-order valence-corrected chi connectivity index (χ0v) is 13.3. The van der Waals surface area contributed by atoms with E-state index in [4.69, 9.17) is 16.3 Å². The summed E-state index contributed by atoms with van der Waals surface area (Å²) in [4.78, 5) is 12.0. The van der Waals surface area contributed by atoms with Gasteiger partial charge in [0, 0.05) is 30.1 Å². The molecule has 3 nitrogen and oxygen atoms in total. The normalized spacial score (nSPS) is 13.0. The van der Waals surface area contributed by atoms with E-state index in [0.717, 1.165) is 30.1 Å². The minimum absolute atomic E-state index is 0.0101. The van der Waals surface area contributed by atoms with E-state index in [9.17, 15) is 4.79 Å². The van der Waals surface area contributed by atoms with Gasteiger partial charge in [-0.1, -0.05) is 13.8 Å². The molecule has 0 aliphatic rings. The van der Waals surface area contributed by atoms with Gasteiger partial charge < -0.3 is 9.30 Å². The highest BCUT2D eigenvalue weighted by molar-refractivity contribution is 6.33. The molecule has 0 radical (unpaired) electrons. The Kier molecular flexibility index (Phi) is 6.08. The first kappa shape index (κ1) is 16.3. The van der Waals surface area contributed by atoms with E-state index in [1.807, 2.05) is 19.9 Å². The third-order valence-electron chi connectivity index (χ3n) is 3.11. The molecule has 1 heterocycles. The van der Waals surface area contributed by atoms with Crippen molar-refractivity contribution in [3.05, 3.63) is 23.0 Å². The molecule has 0 N–H and O–H groups in total. The lowest BCUT2D eigenvalue weighted by atomic mass is 10.1. The topological polar surface area (TPSA) is 31.2 Å². The summed E-state index contributed by atoms with van der Waals surface area (Å²) in [7, 11) is 0. The Bertz CT molecular complexity index is 436. The fraction of sp³-hybridized carbons (Fsp3) is 0.667. The molecule has 1 unspecified atom stereocenters. The van der Waals surface area contributed by atoms with Crippen LogP contribution in [0.15, 0.2) is 6.07 Å². The zero-order chi connectivity index (χ0) is 14.6. The van der Waals surface area contributed by atoms with E-state index in [1.54, 1.807) is 6.92 Å². The number of ether oxygens (including phenoxy) is 1. The van der Waals surface area contributed by atoms with Crippen LogP contribution in [0.5, 0.6) is 0 Å². The van der Waals surface area contributed by atoms with E-state index in [2.05, 4.69) is 18.4 Å². The van der Waals surface area contributed by atoms with Crippen LogP contribution in [0.25, 0.3) is 0 Å². The van der Waals surface area contributed by atoms with Crippen LogP contribution >= 0.6 is 11.6 Å². The van der Waals surface area contributed by atoms with Crippen LogP contribution in [0.1, 0.15) is 42.5 Å². The molecule has 1 atom stereocenters. The Labute approximate surface area is 120 Å². The molecular formula is C15H24ClNO2.